The SMILES string of the molecule is NNC(CC1CCS(=O)(=O)C1)c1ccc(C2CCC2)cc1. The molecule has 21 heavy (non-hydrogen) atoms. The Morgan fingerprint density at radius 2 is 1.90 bits per heavy atom. The molecule has 1 heterocycles. The van der Waals surface area contributed by atoms with E-state index in [4.69, 9.17) is 5.84 Å². The Balaban J connectivity index is 1.65. The summed E-state index contributed by atoms with van der Waals surface area (Å²) >= 11 is 0. The van der Waals surface area contributed by atoms with Gasteiger partial charge in [-0.3, -0.25) is 11.3 Å². The first-order chi connectivity index (χ1) is 10.1. The van der Waals surface area contributed by atoms with Crippen LogP contribution in [-0.2, 0) is 9.84 Å². The van der Waals surface area contributed by atoms with Gasteiger partial charge in [0, 0.05) is 6.04 Å². The lowest BCUT2D eigenvalue weighted by atomic mass is 9.79. The van der Waals surface area contributed by atoms with E-state index in [1.165, 1.54) is 24.8 Å². The van der Waals surface area contributed by atoms with Gasteiger partial charge < -0.3 is 0 Å². The third-order valence-electron chi connectivity index (χ3n) is 5.01. The zero-order chi connectivity index (χ0) is 14.9. The van der Waals surface area contributed by atoms with Gasteiger partial charge in [0.05, 0.1) is 11.5 Å². The molecular formula is C16H24N2O2S. The van der Waals surface area contributed by atoms with Gasteiger partial charge in [0.1, 0.15) is 0 Å². The first-order valence-electron chi connectivity index (χ1n) is 7.84. The van der Waals surface area contributed by atoms with Crippen LogP contribution in [0.1, 0.15) is 55.2 Å². The molecule has 2 aliphatic rings. The maximum absolute atomic E-state index is 11.6. The number of rotatable bonds is 5. The van der Waals surface area contributed by atoms with Crippen LogP contribution in [0.4, 0.5) is 0 Å². The first kappa shape index (κ1) is 15.0. The van der Waals surface area contributed by atoms with E-state index in [1.807, 2.05) is 0 Å². The molecule has 0 aromatic heterocycles. The van der Waals surface area contributed by atoms with Crippen LogP contribution < -0.4 is 11.3 Å². The highest BCUT2D eigenvalue weighted by Gasteiger charge is 2.30. The highest BCUT2D eigenvalue weighted by Crippen LogP contribution is 2.37. The fourth-order valence-corrected chi connectivity index (χ4v) is 5.31. The molecule has 1 aliphatic carbocycles. The van der Waals surface area contributed by atoms with Gasteiger partial charge in [-0.15, -0.1) is 0 Å². The quantitative estimate of drug-likeness (QED) is 0.646. The third kappa shape index (κ3) is 3.47. The van der Waals surface area contributed by atoms with Crippen molar-refractivity contribution in [2.75, 3.05) is 11.5 Å². The minimum atomic E-state index is -2.81. The molecule has 2 unspecified atom stereocenters. The van der Waals surface area contributed by atoms with Crippen LogP contribution in [0.15, 0.2) is 24.3 Å². The number of sulfone groups is 1. The molecule has 3 rings (SSSR count). The van der Waals surface area contributed by atoms with Crippen molar-refractivity contribution in [3.8, 4) is 0 Å². The molecule has 2 atom stereocenters. The fourth-order valence-electron chi connectivity index (χ4n) is 3.43. The number of benzene rings is 1. The molecule has 0 amide bonds. The lowest BCUT2D eigenvalue weighted by Gasteiger charge is -2.26. The molecule has 1 aromatic rings. The van der Waals surface area contributed by atoms with Crippen molar-refractivity contribution in [2.45, 2.75) is 44.1 Å². The van der Waals surface area contributed by atoms with Crippen LogP contribution in [0.25, 0.3) is 0 Å². The van der Waals surface area contributed by atoms with Crippen LogP contribution in [0, 0.1) is 5.92 Å². The van der Waals surface area contributed by atoms with Crippen molar-refractivity contribution in [1.29, 1.82) is 0 Å². The van der Waals surface area contributed by atoms with Crippen molar-refractivity contribution in [2.24, 2.45) is 11.8 Å². The summed E-state index contributed by atoms with van der Waals surface area (Å²) in [6.45, 7) is 0. The van der Waals surface area contributed by atoms with E-state index < -0.39 is 9.84 Å². The van der Waals surface area contributed by atoms with E-state index in [0.717, 1.165) is 24.3 Å². The van der Waals surface area contributed by atoms with E-state index in [2.05, 4.69) is 29.7 Å². The summed E-state index contributed by atoms with van der Waals surface area (Å²) in [7, 11) is -2.81. The molecule has 2 fully saturated rings. The second kappa shape index (κ2) is 6.07. The topological polar surface area (TPSA) is 72.2 Å². The Hall–Kier alpha value is -0.910. The largest absolute Gasteiger partial charge is 0.271 e. The third-order valence-corrected chi connectivity index (χ3v) is 6.85. The highest BCUT2D eigenvalue weighted by atomic mass is 32.2. The van der Waals surface area contributed by atoms with Crippen molar-refractivity contribution in [1.82, 2.24) is 5.43 Å². The predicted octanol–water partition coefficient (Wildman–Crippen LogP) is 2.28. The summed E-state index contributed by atoms with van der Waals surface area (Å²) in [5.41, 5.74) is 5.43. The number of hydrogen-bond acceptors (Lipinski definition) is 4. The second-order valence-electron chi connectivity index (χ2n) is 6.52. The van der Waals surface area contributed by atoms with Crippen LogP contribution in [0.5, 0.6) is 0 Å². The highest BCUT2D eigenvalue weighted by molar-refractivity contribution is 7.91. The lowest BCUT2D eigenvalue weighted by molar-refractivity contribution is 0.415. The summed E-state index contributed by atoms with van der Waals surface area (Å²) in [5.74, 6) is 7.29. The van der Waals surface area contributed by atoms with Crippen LogP contribution >= 0.6 is 0 Å². The van der Waals surface area contributed by atoms with Gasteiger partial charge in [-0.2, -0.15) is 0 Å². The van der Waals surface area contributed by atoms with Gasteiger partial charge in [-0.25, -0.2) is 8.42 Å². The maximum Gasteiger partial charge on any atom is 0.150 e. The average Bonchev–Trinajstić information content (AvgIpc) is 2.74. The summed E-state index contributed by atoms with van der Waals surface area (Å²) in [5, 5.41) is 0. The monoisotopic (exact) mass is 308 g/mol. The molecule has 0 bridgehead atoms. The zero-order valence-corrected chi connectivity index (χ0v) is 13.1. The number of hydrogen-bond donors (Lipinski definition) is 2. The van der Waals surface area contributed by atoms with Crippen molar-refractivity contribution in [3.05, 3.63) is 35.4 Å². The molecule has 1 saturated carbocycles. The van der Waals surface area contributed by atoms with Gasteiger partial charge in [-0.1, -0.05) is 30.7 Å². The molecule has 116 valence electrons. The predicted molar refractivity (Wildman–Crippen MR) is 84.5 cm³/mol. The smallest absolute Gasteiger partial charge is 0.150 e. The molecule has 1 aliphatic heterocycles. The maximum atomic E-state index is 11.6. The Morgan fingerprint density at radius 3 is 2.38 bits per heavy atom. The summed E-state index contributed by atoms with van der Waals surface area (Å²) in [6.07, 6.45) is 5.50. The normalized spacial score (nSPS) is 26.4. The molecule has 0 radical (unpaired) electrons. The average molecular weight is 308 g/mol. The molecule has 1 aromatic carbocycles. The first-order valence-corrected chi connectivity index (χ1v) is 9.66. The summed E-state index contributed by atoms with van der Waals surface area (Å²) in [6, 6.07) is 8.73. The van der Waals surface area contributed by atoms with Crippen molar-refractivity contribution >= 4 is 9.84 Å². The molecule has 1 saturated heterocycles. The number of nitrogens with one attached hydrogen (secondary N) is 1. The molecular weight excluding hydrogens is 284 g/mol. The second-order valence-corrected chi connectivity index (χ2v) is 8.75. The Morgan fingerprint density at radius 1 is 1.19 bits per heavy atom. The van der Waals surface area contributed by atoms with E-state index in [1.54, 1.807) is 0 Å². The van der Waals surface area contributed by atoms with Crippen LogP contribution in [-0.4, -0.2) is 19.9 Å². The number of nitrogens with two attached hydrogens (primary N) is 1. The lowest BCUT2D eigenvalue weighted by Crippen LogP contribution is -2.30. The van der Waals surface area contributed by atoms with E-state index in [9.17, 15) is 8.42 Å². The van der Waals surface area contributed by atoms with Crippen LogP contribution in [0.3, 0.4) is 0 Å². The summed E-state index contributed by atoms with van der Waals surface area (Å²) < 4.78 is 23.1. The standard InChI is InChI=1S/C16H24N2O2S/c17-18-16(10-12-8-9-21(19,20)11-12)15-6-4-14(5-7-15)13-2-1-3-13/h4-7,12-13,16,18H,1-3,8-11,17H2. The fraction of sp³-hybridized carbons (Fsp3) is 0.625. The minimum absolute atomic E-state index is 0.0405. The van der Waals surface area contributed by atoms with E-state index >= 15 is 0 Å². The Kier molecular flexibility index (Phi) is 4.33. The molecule has 5 heteroatoms. The summed E-state index contributed by atoms with van der Waals surface area (Å²) in [4.78, 5) is 0. The van der Waals surface area contributed by atoms with E-state index in [0.29, 0.717) is 11.5 Å². The minimum Gasteiger partial charge on any atom is -0.271 e. The zero-order valence-electron chi connectivity index (χ0n) is 12.3. The Labute approximate surface area is 127 Å². The van der Waals surface area contributed by atoms with Crippen molar-refractivity contribution < 1.29 is 8.42 Å². The van der Waals surface area contributed by atoms with Crippen molar-refractivity contribution in [3.63, 3.8) is 0 Å². The van der Waals surface area contributed by atoms with Gasteiger partial charge in [0.15, 0.2) is 9.84 Å². The van der Waals surface area contributed by atoms with Gasteiger partial charge >= 0.3 is 0 Å². The van der Waals surface area contributed by atoms with Gasteiger partial charge in [-0.05, 0) is 48.6 Å². The van der Waals surface area contributed by atoms with Gasteiger partial charge in [0.25, 0.3) is 0 Å². The van der Waals surface area contributed by atoms with Gasteiger partial charge in [0.2, 0.25) is 0 Å². The molecule has 4 nitrogen and oxygen atoms in total. The van der Waals surface area contributed by atoms with Crippen LogP contribution in [0.2, 0.25) is 0 Å². The van der Waals surface area contributed by atoms with E-state index in [-0.39, 0.29) is 12.0 Å². The molecule has 3 N–H and O–H groups in total. The Bertz CT molecular complexity index is 579. The number of hydrazine groups is 1. The molecule has 0 spiro atoms.